The van der Waals surface area contributed by atoms with Gasteiger partial charge in [0.15, 0.2) is 0 Å². The Labute approximate surface area is 42.1 Å². The van der Waals surface area contributed by atoms with Gasteiger partial charge >= 0.3 is 0 Å². The fraction of sp³-hybridized carbons (Fsp3) is 0.167. The maximum Gasteiger partial charge on any atom is 0.0934 e. The van der Waals surface area contributed by atoms with E-state index in [1.807, 2.05) is 12.3 Å². The average molecular weight is 91.1 g/mol. The van der Waals surface area contributed by atoms with E-state index in [4.69, 9.17) is 0 Å². The Hall–Kier alpha value is -0.850. The molecule has 0 saturated carbocycles. The lowest BCUT2D eigenvalue weighted by Crippen LogP contribution is -1.85. The number of hydrogen-bond acceptors (Lipinski definition) is 1. The van der Waals surface area contributed by atoms with Crippen molar-refractivity contribution in [1.82, 2.24) is 0 Å². The van der Waals surface area contributed by atoms with Crippen molar-refractivity contribution in [2.24, 2.45) is 4.99 Å². The van der Waals surface area contributed by atoms with Crippen LogP contribution in [0.5, 0.6) is 0 Å². The molecule has 2 aliphatic rings. The highest BCUT2D eigenvalue weighted by Gasteiger charge is 2.21. The maximum atomic E-state index is 4.10. The van der Waals surface area contributed by atoms with Crippen molar-refractivity contribution in [1.29, 1.82) is 0 Å². The van der Waals surface area contributed by atoms with E-state index in [0.29, 0.717) is 6.04 Å². The van der Waals surface area contributed by atoms with E-state index < -0.39 is 0 Å². The topological polar surface area (TPSA) is 12.4 Å². The first-order valence-corrected chi connectivity index (χ1v) is 2.38. The third kappa shape index (κ3) is 0.346. The highest BCUT2D eigenvalue weighted by molar-refractivity contribution is 5.77. The van der Waals surface area contributed by atoms with Gasteiger partial charge in [-0.05, 0) is 11.6 Å². The Morgan fingerprint density at radius 1 is 1.57 bits per heavy atom. The Bertz CT molecular complexity index is 175. The third-order valence-electron chi connectivity index (χ3n) is 1.20. The Kier molecular flexibility index (Phi) is 0.392. The molecule has 0 amide bonds. The molecule has 0 radical (unpaired) electrons. The van der Waals surface area contributed by atoms with E-state index in [-0.39, 0.29) is 0 Å². The summed E-state index contributed by atoms with van der Waals surface area (Å²) in [5, 5.41) is 0. The quantitative estimate of drug-likeness (QED) is 0.420. The van der Waals surface area contributed by atoms with Gasteiger partial charge < -0.3 is 0 Å². The van der Waals surface area contributed by atoms with Gasteiger partial charge in [0.1, 0.15) is 0 Å². The Balaban J connectivity index is 2.38. The molecule has 1 atom stereocenters. The van der Waals surface area contributed by atoms with Crippen molar-refractivity contribution in [2.45, 2.75) is 6.04 Å². The highest BCUT2D eigenvalue weighted by Crippen LogP contribution is 2.26. The van der Waals surface area contributed by atoms with Crippen molar-refractivity contribution in [3.63, 3.8) is 0 Å². The Morgan fingerprint density at radius 2 is 2.57 bits per heavy atom. The minimum absolute atomic E-state index is 0.477. The van der Waals surface area contributed by atoms with Crippen molar-refractivity contribution in [2.75, 3.05) is 0 Å². The van der Waals surface area contributed by atoms with Crippen molar-refractivity contribution >= 4 is 6.21 Å². The first kappa shape index (κ1) is 3.19. The smallest absolute Gasteiger partial charge is 0.0934 e. The molecule has 0 fully saturated rings. The zero-order valence-corrected chi connectivity index (χ0v) is 3.83. The number of aliphatic imine (C=N–C) groups is 1. The largest absolute Gasteiger partial charge is 0.281 e. The second kappa shape index (κ2) is 0.861. The van der Waals surface area contributed by atoms with Gasteiger partial charge in [-0.2, -0.15) is 0 Å². The molecule has 1 heteroatoms. The monoisotopic (exact) mass is 91.0 g/mol. The van der Waals surface area contributed by atoms with Crippen LogP contribution in [0.4, 0.5) is 0 Å². The number of dihydropyridines is 1. The van der Waals surface area contributed by atoms with E-state index in [2.05, 4.69) is 17.1 Å². The van der Waals surface area contributed by atoms with Gasteiger partial charge in [0, 0.05) is 6.21 Å². The molecule has 2 rings (SSSR count). The van der Waals surface area contributed by atoms with Crippen LogP contribution in [0.15, 0.2) is 28.8 Å². The third-order valence-corrected chi connectivity index (χ3v) is 1.20. The summed E-state index contributed by atoms with van der Waals surface area (Å²) < 4.78 is 0. The zero-order valence-electron chi connectivity index (χ0n) is 3.83. The summed E-state index contributed by atoms with van der Waals surface area (Å²) in [6, 6.07) is 0.477. The van der Waals surface area contributed by atoms with Gasteiger partial charge in [-0.15, -0.1) is 0 Å². The van der Waals surface area contributed by atoms with E-state index in [9.17, 15) is 0 Å². The molecule has 1 aliphatic carbocycles. The molecule has 0 aromatic heterocycles. The fourth-order valence-electron chi connectivity index (χ4n) is 0.714. The highest BCUT2D eigenvalue weighted by atomic mass is 14.8. The zero-order chi connectivity index (χ0) is 4.69. The van der Waals surface area contributed by atoms with Crippen LogP contribution in [-0.4, -0.2) is 12.3 Å². The van der Waals surface area contributed by atoms with Crippen LogP contribution in [0.25, 0.3) is 0 Å². The summed E-state index contributed by atoms with van der Waals surface area (Å²) in [6.07, 6.45) is 8.05. The van der Waals surface area contributed by atoms with Gasteiger partial charge in [-0.25, -0.2) is 0 Å². The molecule has 1 nitrogen and oxygen atoms in total. The molecule has 0 spiro atoms. The molecule has 34 valence electrons. The van der Waals surface area contributed by atoms with Crippen LogP contribution >= 0.6 is 0 Å². The second-order valence-electron chi connectivity index (χ2n) is 1.77. The molecule has 0 aromatic rings. The lowest BCUT2D eigenvalue weighted by atomic mass is 10.3. The summed E-state index contributed by atoms with van der Waals surface area (Å²) in [4.78, 5) is 4.10. The maximum absolute atomic E-state index is 4.10. The van der Waals surface area contributed by atoms with Crippen LogP contribution in [0.2, 0.25) is 0 Å². The normalized spacial score (nSPS) is 32.0. The summed E-state index contributed by atoms with van der Waals surface area (Å²) in [5.74, 6) is 0. The van der Waals surface area contributed by atoms with Crippen LogP contribution in [0.3, 0.4) is 0 Å². The molecule has 0 bridgehead atoms. The number of hydrogen-bond donors (Lipinski definition) is 0. The predicted octanol–water partition coefficient (Wildman–Crippen LogP) is 0.936. The van der Waals surface area contributed by atoms with Crippen molar-refractivity contribution in [3.8, 4) is 0 Å². The number of nitrogens with zero attached hydrogens (tertiary/aromatic N) is 1. The lowest BCUT2D eigenvalue weighted by Gasteiger charge is -1.88. The number of rotatable bonds is 0. The van der Waals surface area contributed by atoms with E-state index in [1.165, 1.54) is 5.57 Å². The first-order chi connectivity index (χ1) is 3.47. The summed E-state index contributed by atoms with van der Waals surface area (Å²) >= 11 is 0. The summed E-state index contributed by atoms with van der Waals surface area (Å²) in [7, 11) is 0. The van der Waals surface area contributed by atoms with Gasteiger partial charge in [0.25, 0.3) is 0 Å². The number of fused-ring (bicyclic) bond motifs is 1. The molecule has 1 heterocycles. The van der Waals surface area contributed by atoms with Crippen LogP contribution in [-0.2, 0) is 0 Å². The molecule has 7 heavy (non-hydrogen) atoms. The minimum atomic E-state index is 0.477. The van der Waals surface area contributed by atoms with E-state index >= 15 is 0 Å². The van der Waals surface area contributed by atoms with Gasteiger partial charge in [0.05, 0.1) is 6.04 Å². The molecule has 0 saturated heterocycles. The first-order valence-electron chi connectivity index (χ1n) is 2.38. The van der Waals surface area contributed by atoms with Crippen LogP contribution < -0.4 is 0 Å². The number of allylic oxidation sites excluding steroid dienone is 1. The molecular formula is C6H5N. The second-order valence-corrected chi connectivity index (χ2v) is 1.77. The predicted molar refractivity (Wildman–Crippen MR) is 29.5 cm³/mol. The van der Waals surface area contributed by atoms with Gasteiger partial charge in [0.2, 0.25) is 0 Å². The summed E-state index contributed by atoms with van der Waals surface area (Å²) in [5.41, 5.74) is 1.38. The molecular weight excluding hydrogens is 86.1 g/mol. The van der Waals surface area contributed by atoms with E-state index in [1.54, 1.807) is 0 Å². The lowest BCUT2D eigenvalue weighted by molar-refractivity contribution is 1.13. The summed E-state index contributed by atoms with van der Waals surface area (Å²) in [6.45, 7) is 0. The molecule has 1 aliphatic heterocycles. The SMILES string of the molecule is C1=CC2=C[C@@H]2N=C1. The van der Waals surface area contributed by atoms with Crippen molar-refractivity contribution in [3.05, 3.63) is 23.8 Å². The van der Waals surface area contributed by atoms with E-state index in [0.717, 1.165) is 0 Å². The minimum Gasteiger partial charge on any atom is -0.281 e. The molecule has 0 N–H and O–H groups in total. The van der Waals surface area contributed by atoms with Crippen LogP contribution in [0.1, 0.15) is 0 Å². The standard InChI is InChI=1S/C6H5N/c1-2-5-4-6(5)7-3-1/h1-4,6H/t6-/m0/s1. The Morgan fingerprint density at radius 3 is 3.14 bits per heavy atom. The van der Waals surface area contributed by atoms with Crippen LogP contribution in [0, 0.1) is 0 Å². The van der Waals surface area contributed by atoms with Gasteiger partial charge in [-0.1, -0.05) is 12.2 Å². The molecule has 0 aromatic carbocycles. The fourth-order valence-corrected chi connectivity index (χ4v) is 0.714. The van der Waals surface area contributed by atoms with Gasteiger partial charge in [-0.3, -0.25) is 4.99 Å². The average Bonchev–Trinajstić information content (AvgIpc) is 2.41. The van der Waals surface area contributed by atoms with Crippen molar-refractivity contribution < 1.29 is 0 Å². The molecule has 0 unspecified atom stereocenters.